The lowest BCUT2D eigenvalue weighted by Gasteiger charge is -2.12. The molecule has 0 fully saturated rings. The Hall–Kier alpha value is -1.97. The Morgan fingerprint density at radius 3 is 2.24 bits per heavy atom. The van der Waals surface area contributed by atoms with Crippen molar-refractivity contribution in [3.63, 3.8) is 0 Å². The summed E-state index contributed by atoms with van der Waals surface area (Å²) in [6.07, 6.45) is 0. The first-order valence-corrected chi connectivity index (χ1v) is 5.14. The number of carboxylic acid groups (broad SMARTS) is 1. The number of hydrogen-bond acceptors (Lipinski definition) is 3. The molecule has 0 unspecified atom stereocenters. The maximum atomic E-state index is 11.3. The van der Waals surface area contributed by atoms with Crippen molar-refractivity contribution in [2.24, 2.45) is 0 Å². The fourth-order valence-corrected chi connectivity index (χ4v) is 1.61. The largest absolute Gasteiger partial charge is 0.497 e. The van der Waals surface area contributed by atoms with E-state index in [4.69, 9.17) is 9.47 Å². The molecule has 0 aliphatic carbocycles. The van der Waals surface area contributed by atoms with Crippen molar-refractivity contribution in [2.45, 2.75) is 13.8 Å². The minimum absolute atomic E-state index is 0.237. The Balaban J connectivity index is 3.46. The van der Waals surface area contributed by atoms with Gasteiger partial charge in [-0.15, -0.1) is 0 Å². The van der Waals surface area contributed by atoms with E-state index in [0.29, 0.717) is 22.6 Å². The Kier molecular flexibility index (Phi) is 4.15. The zero-order valence-corrected chi connectivity index (χ0v) is 10.4. The van der Waals surface area contributed by atoms with Crippen molar-refractivity contribution in [3.05, 3.63) is 29.3 Å². The van der Waals surface area contributed by atoms with Crippen LogP contribution in [0.25, 0.3) is 5.57 Å². The molecule has 1 aromatic carbocycles. The van der Waals surface area contributed by atoms with Gasteiger partial charge in [-0.2, -0.15) is 0 Å². The highest BCUT2D eigenvalue weighted by atomic mass is 16.5. The number of carbonyl (C=O) groups is 1. The zero-order valence-electron chi connectivity index (χ0n) is 10.4. The number of ether oxygens (including phenoxy) is 2. The molecular weight excluding hydrogens is 220 g/mol. The lowest BCUT2D eigenvalue weighted by atomic mass is 10.0. The number of methoxy groups -OCH3 is 2. The van der Waals surface area contributed by atoms with Gasteiger partial charge in [-0.3, -0.25) is 0 Å². The highest BCUT2D eigenvalue weighted by Crippen LogP contribution is 2.31. The van der Waals surface area contributed by atoms with E-state index in [1.807, 2.05) is 0 Å². The molecule has 1 rings (SSSR count). The first kappa shape index (κ1) is 13.1. The molecule has 0 saturated heterocycles. The summed E-state index contributed by atoms with van der Waals surface area (Å²) in [5.41, 5.74) is 1.48. The summed E-state index contributed by atoms with van der Waals surface area (Å²) in [4.78, 5) is 11.3. The summed E-state index contributed by atoms with van der Waals surface area (Å²) < 4.78 is 10.3. The summed E-state index contributed by atoms with van der Waals surface area (Å²) in [5.74, 6) is 0.141. The number of benzene rings is 1. The minimum atomic E-state index is -0.975. The molecule has 0 bridgehead atoms. The SMILES string of the molecule is COc1ccc(OC)c(C(C(=O)O)=C(C)C)c1. The fraction of sp³-hybridized carbons (Fsp3) is 0.308. The highest BCUT2D eigenvalue weighted by molar-refractivity contribution is 6.17. The summed E-state index contributed by atoms with van der Waals surface area (Å²) in [6.45, 7) is 3.50. The van der Waals surface area contributed by atoms with E-state index in [1.165, 1.54) is 14.2 Å². The van der Waals surface area contributed by atoms with Gasteiger partial charge < -0.3 is 14.6 Å². The lowest BCUT2D eigenvalue weighted by molar-refractivity contribution is -0.130. The fourth-order valence-electron chi connectivity index (χ4n) is 1.61. The van der Waals surface area contributed by atoms with Crippen molar-refractivity contribution in [1.29, 1.82) is 0 Å². The third-order valence-electron chi connectivity index (χ3n) is 2.39. The van der Waals surface area contributed by atoms with Gasteiger partial charge in [0.2, 0.25) is 0 Å². The number of aliphatic carboxylic acids is 1. The molecule has 0 saturated carbocycles. The van der Waals surface area contributed by atoms with Gasteiger partial charge in [-0.25, -0.2) is 4.79 Å². The van der Waals surface area contributed by atoms with Crippen LogP contribution in [0.5, 0.6) is 11.5 Å². The van der Waals surface area contributed by atoms with Gasteiger partial charge in [0, 0.05) is 5.56 Å². The molecule has 4 heteroatoms. The number of carboxylic acids is 1. The van der Waals surface area contributed by atoms with Crippen molar-refractivity contribution >= 4 is 11.5 Å². The second kappa shape index (κ2) is 5.39. The third kappa shape index (κ3) is 2.78. The average molecular weight is 236 g/mol. The van der Waals surface area contributed by atoms with Crippen LogP contribution in [0, 0.1) is 0 Å². The molecule has 1 aromatic rings. The van der Waals surface area contributed by atoms with Crippen LogP contribution in [0.2, 0.25) is 0 Å². The monoisotopic (exact) mass is 236 g/mol. The molecule has 0 radical (unpaired) electrons. The molecule has 92 valence electrons. The summed E-state index contributed by atoms with van der Waals surface area (Å²) >= 11 is 0. The van der Waals surface area contributed by atoms with Gasteiger partial charge in [0.1, 0.15) is 11.5 Å². The zero-order chi connectivity index (χ0) is 13.0. The Labute approximate surface area is 100 Å². The maximum Gasteiger partial charge on any atom is 0.336 e. The Morgan fingerprint density at radius 2 is 1.82 bits per heavy atom. The van der Waals surface area contributed by atoms with Gasteiger partial charge in [0.25, 0.3) is 0 Å². The van der Waals surface area contributed by atoms with E-state index in [2.05, 4.69) is 0 Å². The van der Waals surface area contributed by atoms with Crippen LogP contribution in [-0.2, 0) is 4.79 Å². The standard InChI is InChI=1S/C13H16O4/c1-8(2)12(13(14)15)10-7-9(16-3)5-6-11(10)17-4/h5-7H,1-4H3,(H,14,15). The van der Waals surface area contributed by atoms with Crippen LogP contribution >= 0.6 is 0 Å². The van der Waals surface area contributed by atoms with Crippen LogP contribution in [0.3, 0.4) is 0 Å². The van der Waals surface area contributed by atoms with Crippen molar-refractivity contribution in [2.75, 3.05) is 14.2 Å². The maximum absolute atomic E-state index is 11.3. The predicted octanol–water partition coefficient (Wildman–Crippen LogP) is 2.58. The molecule has 0 amide bonds. The molecule has 1 N–H and O–H groups in total. The molecule has 0 atom stereocenters. The summed E-state index contributed by atoms with van der Waals surface area (Å²) in [5, 5.41) is 9.23. The molecule has 0 heterocycles. The second-order valence-corrected chi connectivity index (χ2v) is 3.75. The molecule has 0 aromatic heterocycles. The third-order valence-corrected chi connectivity index (χ3v) is 2.39. The molecular formula is C13H16O4. The Morgan fingerprint density at radius 1 is 1.18 bits per heavy atom. The van der Waals surface area contributed by atoms with Gasteiger partial charge >= 0.3 is 5.97 Å². The molecule has 4 nitrogen and oxygen atoms in total. The van der Waals surface area contributed by atoms with Crippen molar-refractivity contribution < 1.29 is 19.4 Å². The quantitative estimate of drug-likeness (QED) is 0.816. The van der Waals surface area contributed by atoms with E-state index in [9.17, 15) is 9.90 Å². The molecule has 0 aliphatic heterocycles. The van der Waals surface area contributed by atoms with Crippen molar-refractivity contribution in [3.8, 4) is 11.5 Å². The molecule has 0 aliphatic rings. The van der Waals surface area contributed by atoms with Crippen LogP contribution < -0.4 is 9.47 Å². The molecule has 17 heavy (non-hydrogen) atoms. The number of hydrogen-bond donors (Lipinski definition) is 1. The average Bonchev–Trinajstić information content (AvgIpc) is 2.28. The van der Waals surface area contributed by atoms with Gasteiger partial charge in [0.15, 0.2) is 0 Å². The summed E-state index contributed by atoms with van der Waals surface area (Å²) in [7, 11) is 3.05. The normalized spacial score (nSPS) is 9.65. The van der Waals surface area contributed by atoms with Gasteiger partial charge in [-0.05, 0) is 32.0 Å². The number of allylic oxidation sites excluding steroid dienone is 1. The topological polar surface area (TPSA) is 55.8 Å². The van der Waals surface area contributed by atoms with E-state index in [0.717, 1.165) is 0 Å². The van der Waals surface area contributed by atoms with Crippen LogP contribution in [0.15, 0.2) is 23.8 Å². The van der Waals surface area contributed by atoms with E-state index in [-0.39, 0.29) is 5.57 Å². The first-order valence-electron chi connectivity index (χ1n) is 5.14. The van der Waals surface area contributed by atoms with Crippen LogP contribution in [0.1, 0.15) is 19.4 Å². The predicted molar refractivity (Wildman–Crippen MR) is 65.4 cm³/mol. The Bertz CT molecular complexity index is 456. The number of rotatable bonds is 4. The van der Waals surface area contributed by atoms with Crippen LogP contribution in [-0.4, -0.2) is 25.3 Å². The minimum Gasteiger partial charge on any atom is -0.497 e. The van der Waals surface area contributed by atoms with E-state index >= 15 is 0 Å². The molecule has 0 spiro atoms. The first-order chi connectivity index (χ1) is 8.01. The van der Waals surface area contributed by atoms with Crippen molar-refractivity contribution in [1.82, 2.24) is 0 Å². The smallest absolute Gasteiger partial charge is 0.336 e. The van der Waals surface area contributed by atoms with Gasteiger partial charge in [-0.1, -0.05) is 5.57 Å². The lowest BCUT2D eigenvalue weighted by Crippen LogP contribution is -2.04. The second-order valence-electron chi connectivity index (χ2n) is 3.75. The summed E-state index contributed by atoms with van der Waals surface area (Å²) in [6, 6.07) is 5.09. The van der Waals surface area contributed by atoms with E-state index < -0.39 is 5.97 Å². The highest BCUT2D eigenvalue weighted by Gasteiger charge is 2.17. The van der Waals surface area contributed by atoms with Gasteiger partial charge in [0.05, 0.1) is 19.8 Å². The van der Waals surface area contributed by atoms with Crippen LogP contribution in [0.4, 0.5) is 0 Å². The van der Waals surface area contributed by atoms with E-state index in [1.54, 1.807) is 32.0 Å².